The highest BCUT2D eigenvalue weighted by atomic mass is 32.2. The van der Waals surface area contributed by atoms with Gasteiger partial charge in [-0.25, -0.2) is 8.42 Å². The number of rotatable bonds is 2. The number of thioether (sulfide) groups is 1. The SMILES string of the molecule is Cc1ccc(S(=O)(=O)N2C[C@@H](C)Sc3ccccc32)cc1. The Morgan fingerprint density at radius 2 is 1.76 bits per heavy atom. The zero-order valence-electron chi connectivity index (χ0n) is 12.0. The lowest BCUT2D eigenvalue weighted by atomic mass is 10.2. The first-order valence-electron chi connectivity index (χ1n) is 6.83. The summed E-state index contributed by atoms with van der Waals surface area (Å²) >= 11 is 1.72. The molecule has 5 heteroatoms. The minimum absolute atomic E-state index is 0.236. The van der Waals surface area contributed by atoms with Gasteiger partial charge in [0.25, 0.3) is 10.0 Å². The first-order chi connectivity index (χ1) is 9.98. The Kier molecular flexibility index (Phi) is 3.71. The van der Waals surface area contributed by atoms with Gasteiger partial charge in [0.2, 0.25) is 0 Å². The van der Waals surface area contributed by atoms with E-state index in [-0.39, 0.29) is 5.25 Å². The largest absolute Gasteiger partial charge is 0.264 e. The fraction of sp³-hybridized carbons (Fsp3) is 0.250. The summed E-state index contributed by atoms with van der Waals surface area (Å²) < 4.78 is 27.4. The number of hydrogen-bond donors (Lipinski definition) is 0. The van der Waals surface area contributed by atoms with E-state index in [1.165, 1.54) is 4.31 Å². The van der Waals surface area contributed by atoms with Crippen molar-refractivity contribution in [2.75, 3.05) is 10.8 Å². The summed E-state index contributed by atoms with van der Waals surface area (Å²) in [5.74, 6) is 0. The van der Waals surface area contributed by atoms with Crippen molar-refractivity contribution >= 4 is 27.5 Å². The van der Waals surface area contributed by atoms with Crippen LogP contribution in [0.15, 0.2) is 58.3 Å². The van der Waals surface area contributed by atoms with E-state index in [4.69, 9.17) is 0 Å². The monoisotopic (exact) mass is 319 g/mol. The molecule has 0 aromatic heterocycles. The Bertz CT molecular complexity index is 754. The molecule has 2 aromatic rings. The summed E-state index contributed by atoms with van der Waals surface area (Å²) in [6.45, 7) is 4.50. The molecule has 3 nitrogen and oxygen atoms in total. The molecule has 0 fully saturated rings. The number of aryl methyl sites for hydroxylation is 1. The summed E-state index contributed by atoms with van der Waals surface area (Å²) in [5, 5.41) is 0.236. The first-order valence-corrected chi connectivity index (χ1v) is 9.15. The fourth-order valence-corrected chi connectivity index (χ4v) is 5.25. The van der Waals surface area contributed by atoms with Crippen LogP contribution in [-0.2, 0) is 10.0 Å². The summed E-state index contributed by atoms with van der Waals surface area (Å²) in [6.07, 6.45) is 0. The summed E-state index contributed by atoms with van der Waals surface area (Å²) in [6, 6.07) is 14.7. The Balaban J connectivity index is 2.09. The van der Waals surface area contributed by atoms with E-state index in [1.807, 2.05) is 43.3 Å². The normalized spacial score (nSPS) is 18.4. The number of hydrogen-bond acceptors (Lipinski definition) is 3. The molecule has 0 saturated carbocycles. The van der Waals surface area contributed by atoms with Crippen molar-refractivity contribution in [3.05, 3.63) is 54.1 Å². The van der Waals surface area contributed by atoms with E-state index in [1.54, 1.807) is 23.9 Å². The van der Waals surface area contributed by atoms with Crippen molar-refractivity contribution in [3.8, 4) is 0 Å². The Hall–Kier alpha value is -1.46. The van der Waals surface area contributed by atoms with E-state index >= 15 is 0 Å². The second-order valence-corrected chi connectivity index (χ2v) is 8.59. The van der Waals surface area contributed by atoms with Gasteiger partial charge in [-0.1, -0.05) is 36.8 Å². The molecule has 21 heavy (non-hydrogen) atoms. The molecule has 0 saturated heterocycles. The molecular formula is C16H17NO2S2. The fourth-order valence-electron chi connectivity index (χ4n) is 2.41. The zero-order chi connectivity index (χ0) is 15.0. The van der Waals surface area contributed by atoms with Crippen molar-refractivity contribution in [1.82, 2.24) is 0 Å². The second-order valence-electron chi connectivity index (χ2n) is 5.25. The van der Waals surface area contributed by atoms with Crippen molar-refractivity contribution in [1.29, 1.82) is 0 Å². The van der Waals surface area contributed by atoms with Crippen molar-refractivity contribution in [2.45, 2.75) is 28.9 Å². The van der Waals surface area contributed by atoms with Crippen LogP contribution in [0.2, 0.25) is 0 Å². The van der Waals surface area contributed by atoms with Gasteiger partial charge in [0.15, 0.2) is 0 Å². The van der Waals surface area contributed by atoms with Gasteiger partial charge < -0.3 is 0 Å². The highest BCUT2D eigenvalue weighted by molar-refractivity contribution is 8.00. The predicted molar refractivity (Wildman–Crippen MR) is 87.5 cm³/mol. The van der Waals surface area contributed by atoms with Crippen LogP contribution in [0.5, 0.6) is 0 Å². The van der Waals surface area contributed by atoms with Crippen molar-refractivity contribution in [2.24, 2.45) is 0 Å². The van der Waals surface area contributed by atoms with Gasteiger partial charge in [0.05, 0.1) is 10.6 Å². The highest BCUT2D eigenvalue weighted by Gasteiger charge is 2.31. The van der Waals surface area contributed by atoms with Gasteiger partial charge in [-0.15, -0.1) is 11.8 Å². The van der Waals surface area contributed by atoms with Crippen LogP contribution in [0.25, 0.3) is 0 Å². The number of benzene rings is 2. The maximum atomic E-state index is 12.9. The lowest BCUT2D eigenvalue weighted by Crippen LogP contribution is -2.38. The quantitative estimate of drug-likeness (QED) is 0.847. The van der Waals surface area contributed by atoms with Gasteiger partial charge in [0.1, 0.15) is 0 Å². The van der Waals surface area contributed by atoms with Crippen molar-refractivity contribution in [3.63, 3.8) is 0 Å². The molecule has 0 amide bonds. The molecule has 0 bridgehead atoms. The molecule has 110 valence electrons. The number of sulfonamides is 1. The number of anilines is 1. The minimum atomic E-state index is -3.51. The first kappa shape index (κ1) is 14.5. The van der Waals surface area contributed by atoms with Crippen molar-refractivity contribution < 1.29 is 8.42 Å². The number of fused-ring (bicyclic) bond motifs is 1. The molecule has 1 atom stereocenters. The molecule has 0 radical (unpaired) electrons. The third-order valence-corrected chi connectivity index (χ3v) is 6.44. The second kappa shape index (κ2) is 5.39. The van der Waals surface area contributed by atoms with Crippen LogP contribution in [-0.4, -0.2) is 20.2 Å². The minimum Gasteiger partial charge on any atom is -0.264 e. The van der Waals surface area contributed by atoms with Gasteiger partial charge in [-0.05, 0) is 31.2 Å². The molecule has 1 heterocycles. The average Bonchev–Trinajstić information content (AvgIpc) is 2.46. The Morgan fingerprint density at radius 1 is 1.10 bits per heavy atom. The smallest absolute Gasteiger partial charge is 0.264 e. The summed E-state index contributed by atoms with van der Waals surface area (Å²) in [4.78, 5) is 1.37. The summed E-state index contributed by atoms with van der Waals surface area (Å²) in [7, 11) is -3.51. The topological polar surface area (TPSA) is 37.4 Å². The van der Waals surface area contributed by atoms with Crippen LogP contribution in [0.1, 0.15) is 12.5 Å². The zero-order valence-corrected chi connectivity index (χ0v) is 13.6. The van der Waals surface area contributed by atoms with E-state index in [9.17, 15) is 8.42 Å². The summed E-state index contributed by atoms with van der Waals surface area (Å²) in [5.41, 5.74) is 1.83. The van der Waals surface area contributed by atoms with Crippen LogP contribution in [0, 0.1) is 6.92 Å². The molecule has 0 aliphatic carbocycles. The number of nitrogens with zero attached hydrogens (tertiary/aromatic N) is 1. The molecule has 1 aliphatic heterocycles. The molecule has 2 aromatic carbocycles. The maximum Gasteiger partial charge on any atom is 0.264 e. The molecule has 0 unspecified atom stereocenters. The number of para-hydroxylation sites is 1. The third-order valence-electron chi connectivity index (χ3n) is 3.49. The van der Waals surface area contributed by atoms with E-state index in [0.29, 0.717) is 11.4 Å². The highest BCUT2D eigenvalue weighted by Crippen LogP contribution is 2.40. The molecule has 1 aliphatic rings. The van der Waals surface area contributed by atoms with Gasteiger partial charge in [-0.2, -0.15) is 0 Å². The van der Waals surface area contributed by atoms with Gasteiger partial charge in [0, 0.05) is 16.7 Å². The standard InChI is InChI=1S/C16H17NO2S2/c1-12-7-9-14(10-8-12)21(18,19)17-11-13(2)20-16-6-4-3-5-15(16)17/h3-10,13H,11H2,1-2H3/t13-/m1/s1. The molecular weight excluding hydrogens is 302 g/mol. The van der Waals surface area contributed by atoms with Gasteiger partial charge >= 0.3 is 0 Å². The van der Waals surface area contributed by atoms with E-state index in [2.05, 4.69) is 6.92 Å². The average molecular weight is 319 g/mol. The van der Waals surface area contributed by atoms with Gasteiger partial charge in [-0.3, -0.25) is 4.31 Å². The third kappa shape index (κ3) is 2.68. The molecule has 0 N–H and O–H groups in total. The lowest BCUT2D eigenvalue weighted by Gasteiger charge is -2.33. The predicted octanol–water partition coefficient (Wildman–Crippen LogP) is 3.68. The van der Waals surface area contributed by atoms with Crippen LogP contribution >= 0.6 is 11.8 Å². The van der Waals surface area contributed by atoms with Crippen LogP contribution < -0.4 is 4.31 Å². The molecule has 3 rings (SSSR count). The van der Waals surface area contributed by atoms with Crippen LogP contribution in [0.3, 0.4) is 0 Å². The Labute approximate surface area is 130 Å². The van der Waals surface area contributed by atoms with Crippen LogP contribution in [0.4, 0.5) is 5.69 Å². The van der Waals surface area contributed by atoms with E-state index < -0.39 is 10.0 Å². The Morgan fingerprint density at radius 3 is 2.48 bits per heavy atom. The maximum absolute atomic E-state index is 12.9. The molecule has 0 spiro atoms. The van der Waals surface area contributed by atoms with E-state index in [0.717, 1.165) is 16.1 Å². The lowest BCUT2D eigenvalue weighted by molar-refractivity contribution is 0.589.